The van der Waals surface area contributed by atoms with Crippen molar-refractivity contribution in [2.24, 2.45) is 0 Å². The minimum Gasteiger partial charge on any atom is -0.478 e. The van der Waals surface area contributed by atoms with Crippen molar-refractivity contribution < 1.29 is 14.3 Å². The lowest BCUT2D eigenvalue weighted by atomic mass is 10.0. The van der Waals surface area contributed by atoms with Gasteiger partial charge in [0.05, 0.1) is 5.56 Å². The molecule has 1 aromatic carbocycles. The normalized spacial score (nSPS) is 9.50. The zero-order chi connectivity index (χ0) is 10.7. The minimum atomic E-state index is -1.47. The van der Waals surface area contributed by atoms with E-state index in [9.17, 15) is 9.18 Å². The van der Waals surface area contributed by atoms with Gasteiger partial charge in [-0.05, 0) is 11.6 Å². The SMILES string of the molecule is N#Cc1c(CCl)ccc(F)c1C(=O)O. The topological polar surface area (TPSA) is 61.1 Å². The van der Waals surface area contributed by atoms with E-state index in [0.29, 0.717) is 5.56 Å². The van der Waals surface area contributed by atoms with Crippen LogP contribution in [0.25, 0.3) is 0 Å². The van der Waals surface area contributed by atoms with E-state index in [-0.39, 0.29) is 11.4 Å². The summed E-state index contributed by atoms with van der Waals surface area (Å²) in [5, 5.41) is 17.3. The van der Waals surface area contributed by atoms with Gasteiger partial charge in [-0.1, -0.05) is 6.07 Å². The molecule has 0 bridgehead atoms. The van der Waals surface area contributed by atoms with E-state index in [1.54, 1.807) is 6.07 Å². The first-order valence-electron chi connectivity index (χ1n) is 3.62. The van der Waals surface area contributed by atoms with Gasteiger partial charge in [0.1, 0.15) is 17.4 Å². The van der Waals surface area contributed by atoms with E-state index in [2.05, 4.69) is 0 Å². The molecule has 0 aromatic heterocycles. The molecule has 0 aliphatic heterocycles. The number of alkyl halides is 1. The van der Waals surface area contributed by atoms with E-state index >= 15 is 0 Å². The fraction of sp³-hybridized carbons (Fsp3) is 0.111. The van der Waals surface area contributed by atoms with Crippen LogP contribution in [0, 0.1) is 17.1 Å². The Balaban J connectivity index is 3.53. The Labute approximate surface area is 84.3 Å². The van der Waals surface area contributed by atoms with Gasteiger partial charge in [-0.15, -0.1) is 11.6 Å². The highest BCUT2D eigenvalue weighted by atomic mass is 35.5. The fourth-order valence-electron chi connectivity index (χ4n) is 1.07. The molecule has 0 atom stereocenters. The monoisotopic (exact) mass is 213 g/mol. The highest BCUT2D eigenvalue weighted by molar-refractivity contribution is 6.17. The number of nitrogens with zero attached hydrogens (tertiary/aromatic N) is 1. The van der Waals surface area contributed by atoms with E-state index in [1.807, 2.05) is 0 Å². The molecule has 14 heavy (non-hydrogen) atoms. The lowest BCUT2D eigenvalue weighted by molar-refractivity contribution is 0.0691. The Morgan fingerprint density at radius 3 is 2.71 bits per heavy atom. The standard InChI is InChI=1S/C9H5ClFNO2/c10-3-5-1-2-7(11)8(9(13)14)6(5)4-12/h1-2H,3H2,(H,13,14). The van der Waals surface area contributed by atoms with Crippen LogP contribution >= 0.6 is 11.6 Å². The Kier molecular flexibility index (Phi) is 3.05. The number of carboxylic acids is 1. The third-order valence-corrected chi connectivity index (χ3v) is 2.00. The van der Waals surface area contributed by atoms with Crippen molar-refractivity contribution in [3.05, 3.63) is 34.6 Å². The number of carboxylic acid groups (broad SMARTS) is 1. The molecule has 0 aliphatic carbocycles. The summed E-state index contributed by atoms with van der Waals surface area (Å²) >= 11 is 5.47. The quantitative estimate of drug-likeness (QED) is 0.766. The van der Waals surface area contributed by atoms with E-state index in [0.717, 1.165) is 6.07 Å². The number of benzene rings is 1. The average molecular weight is 214 g/mol. The number of hydrogen-bond acceptors (Lipinski definition) is 2. The molecular formula is C9H5ClFNO2. The molecule has 0 fully saturated rings. The third-order valence-electron chi connectivity index (χ3n) is 1.71. The molecule has 1 rings (SSSR count). The number of aromatic carboxylic acids is 1. The van der Waals surface area contributed by atoms with Gasteiger partial charge in [-0.2, -0.15) is 5.26 Å². The van der Waals surface area contributed by atoms with E-state index < -0.39 is 17.3 Å². The molecular weight excluding hydrogens is 209 g/mol. The highest BCUT2D eigenvalue weighted by Gasteiger charge is 2.18. The maximum atomic E-state index is 13.0. The second-order valence-electron chi connectivity index (χ2n) is 2.51. The van der Waals surface area contributed by atoms with Gasteiger partial charge in [0, 0.05) is 5.88 Å². The fourth-order valence-corrected chi connectivity index (χ4v) is 1.29. The zero-order valence-corrected chi connectivity index (χ0v) is 7.68. The van der Waals surface area contributed by atoms with Gasteiger partial charge in [0.2, 0.25) is 0 Å². The highest BCUT2D eigenvalue weighted by Crippen LogP contribution is 2.19. The maximum Gasteiger partial charge on any atom is 0.340 e. The molecule has 3 nitrogen and oxygen atoms in total. The number of carbonyl (C=O) groups is 1. The summed E-state index contributed by atoms with van der Waals surface area (Å²) in [5.74, 6) is -2.42. The van der Waals surface area contributed by atoms with Gasteiger partial charge >= 0.3 is 5.97 Å². The Morgan fingerprint density at radius 1 is 1.64 bits per heavy atom. The molecule has 5 heteroatoms. The summed E-state index contributed by atoms with van der Waals surface area (Å²) < 4.78 is 13.0. The molecule has 1 aromatic rings. The maximum absolute atomic E-state index is 13.0. The molecule has 0 saturated carbocycles. The summed E-state index contributed by atoms with van der Waals surface area (Å²) in [6.45, 7) is 0. The van der Waals surface area contributed by atoms with Crippen molar-refractivity contribution in [1.82, 2.24) is 0 Å². The van der Waals surface area contributed by atoms with E-state index in [1.165, 1.54) is 6.07 Å². The molecule has 0 aliphatic rings. The van der Waals surface area contributed by atoms with Crippen molar-refractivity contribution in [3.63, 3.8) is 0 Å². The first-order chi connectivity index (χ1) is 6.61. The molecule has 72 valence electrons. The van der Waals surface area contributed by atoms with Crippen molar-refractivity contribution in [1.29, 1.82) is 5.26 Å². The lowest BCUT2D eigenvalue weighted by Crippen LogP contribution is -2.06. The predicted molar refractivity (Wildman–Crippen MR) is 47.6 cm³/mol. The first-order valence-corrected chi connectivity index (χ1v) is 4.16. The van der Waals surface area contributed by atoms with Crippen LogP contribution in [0.2, 0.25) is 0 Å². The molecule has 0 spiro atoms. The van der Waals surface area contributed by atoms with Crippen LogP contribution in [0.3, 0.4) is 0 Å². The van der Waals surface area contributed by atoms with Crippen LogP contribution in [-0.4, -0.2) is 11.1 Å². The van der Waals surface area contributed by atoms with Gasteiger partial charge < -0.3 is 5.11 Å². The van der Waals surface area contributed by atoms with Crippen LogP contribution in [0.15, 0.2) is 12.1 Å². The Morgan fingerprint density at radius 2 is 2.29 bits per heavy atom. The summed E-state index contributed by atoms with van der Waals surface area (Å²) in [6.07, 6.45) is 0. The van der Waals surface area contributed by atoms with Gasteiger partial charge in [0.25, 0.3) is 0 Å². The summed E-state index contributed by atoms with van der Waals surface area (Å²) in [7, 11) is 0. The molecule has 0 heterocycles. The van der Waals surface area contributed by atoms with Crippen molar-refractivity contribution >= 4 is 17.6 Å². The van der Waals surface area contributed by atoms with Crippen LogP contribution in [0.5, 0.6) is 0 Å². The number of rotatable bonds is 2. The molecule has 0 unspecified atom stereocenters. The van der Waals surface area contributed by atoms with Crippen LogP contribution in [0.1, 0.15) is 21.5 Å². The lowest BCUT2D eigenvalue weighted by Gasteiger charge is -2.04. The smallest absolute Gasteiger partial charge is 0.340 e. The molecule has 1 N–H and O–H groups in total. The van der Waals surface area contributed by atoms with Crippen LogP contribution in [0.4, 0.5) is 4.39 Å². The number of nitriles is 1. The largest absolute Gasteiger partial charge is 0.478 e. The van der Waals surface area contributed by atoms with Gasteiger partial charge in [-0.25, -0.2) is 9.18 Å². The summed E-state index contributed by atoms with van der Waals surface area (Å²) in [5.41, 5.74) is -0.522. The second-order valence-corrected chi connectivity index (χ2v) is 2.77. The second kappa shape index (κ2) is 4.07. The zero-order valence-electron chi connectivity index (χ0n) is 6.92. The van der Waals surface area contributed by atoms with Gasteiger partial charge in [0.15, 0.2) is 0 Å². The average Bonchev–Trinajstić information content (AvgIpc) is 2.16. The predicted octanol–water partition coefficient (Wildman–Crippen LogP) is 2.13. The Bertz CT molecular complexity index is 426. The van der Waals surface area contributed by atoms with Gasteiger partial charge in [-0.3, -0.25) is 0 Å². The third kappa shape index (κ3) is 1.68. The minimum absolute atomic E-state index is 0.0244. The molecule has 0 radical (unpaired) electrons. The summed E-state index contributed by atoms with van der Waals surface area (Å²) in [6, 6.07) is 3.92. The first kappa shape index (κ1) is 10.5. The molecule has 0 amide bonds. The Hall–Kier alpha value is -1.60. The number of hydrogen-bond donors (Lipinski definition) is 1. The molecule has 0 saturated heterocycles. The number of halogens is 2. The van der Waals surface area contributed by atoms with Crippen LogP contribution < -0.4 is 0 Å². The van der Waals surface area contributed by atoms with Crippen molar-refractivity contribution in [2.75, 3.05) is 0 Å². The van der Waals surface area contributed by atoms with Crippen molar-refractivity contribution in [2.45, 2.75) is 5.88 Å². The van der Waals surface area contributed by atoms with Crippen LogP contribution in [-0.2, 0) is 5.88 Å². The van der Waals surface area contributed by atoms with E-state index in [4.69, 9.17) is 22.0 Å². The van der Waals surface area contributed by atoms with Crippen molar-refractivity contribution in [3.8, 4) is 6.07 Å². The summed E-state index contributed by atoms with van der Waals surface area (Å²) in [4.78, 5) is 10.6.